The molecule has 25 heavy (non-hydrogen) atoms. The minimum Gasteiger partial charge on any atom is -0.493 e. The Bertz CT molecular complexity index is 740. The Kier molecular flexibility index (Phi) is 6.45. The van der Waals surface area contributed by atoms with Crippen LogP contribution in [0.25, 0.3) is 0 Å². The van der Waals surface area contributed by atoms with Crippen LogP contribution < -0.4 is 14.4 Å². The number of carbonyl (C=O) groups is 1. The van der Waals surface area contributed by atoms with Crippen molar-refractivity contribution in [3.63, 3.8) is 0 Å². The SMILES string of the molecule is CCN(C(=O)CCc1ccc(OC)c(OC)c1)c1cc(C)ccc1C. The Hall–Kier alpha value is -2.49. The van der Waals surface area contributed by atoms with Crippen molar-refractivity contribution in [2.45, 2.75) is 33.6 Å². The first kappa shape index (κ1) is 18.8. The van der Waals surface area contributed by atoms with Gasteiger partial charge in [-0.3, -0.25) is 4.79 Å². The zero-order valence-corrected chi connectivity index (χ0v) is 15.8. The quantitative estimate of drug-likeness (QED) is 0.753. The second kappa shape index (κ2) is 8.56. The molecular formula is C21H27NO3. The molecule has 2 aromatic rings. The maximum atomic E-state index is 12.8. The normalized spacial score (nSPS) is 10.4. The van der Waals surface area contributed by atoms with Crippen molar-refractivity contribution in [2.75, 3.05) is 25.7 Å². The van der Waals surface area contributed by atoms with Gasteiger partial charge < -0.3 is 14.4 Å². The van der Waals surface area contributed by atoms with Gasteiger partial charge in [0.1, 0.15) is 0 Å². The highest BCUT2D eigenvalue weighted by Crippen LogP contribution is 2.28. The summed E-state index contributed by atoms with van der Waals surface area (Å²) in [6.07, 6.45) is 1.12. The largest absolute Gasteiger partial charge is 0.493 e. The molecule has 4 heteroatoms. The van der Waals surface area contributed by atoms with Gasteiger partial charge in [0.25, 0.3) is 0 Å². The summed E-state index contributed by atoms with van der Waals surface area (Å²) >= 11 is 0. The fourth-order valence-corrected chi connectivity index (χ4v) is 2.91. The number of amides is 1. The maximum absolute atomic E-state index is 12.8. The number of methoxy groups -OCH3 is 2. The molecule has 0 N–H and O–H groups in total. The van der Waals surface area contributed by atoms with Crippen LogP contribution in [0.4, 0.5) is 5.69 Å². The number of carbonyl (C=O) groups excluding carboxylic acids is 1. The second-order valence-electron chi connectivity index (χ2n) is 6.12. The van der Waals surface area contributed by atoms with Gasteiger partial charge >= 0.3 is 0 Å². The maximum Gasteiger partial charge on any atom is 0.227 e. The number of nitrogens with zero attached hydrogens (tertiary/aromatic N) is 1. The van der Waals surface area contributed by atoms with Gasteiger partial charge in [0, 0.05) is 18.7 Å². The van der Waals surface area contributed by atoms with Crippen molar-refractivity contribution < 1.29 is 14.3 Å². The van der Waals surface area contributed by atoms with Crippen LogP contribution in [0.15, 0.2) is 36.4 Å². The standard InChI is InChI=1S/C21H27NO3/c1-6-22(18-13-15(2)7-8-16(18)3)21(23)12-10-17-9-11-19(24-4)20(14-17)25-5/h7-9,11,13-14H,6,10,12H2,1-5H3. The van der Waals surface area contributed by atoms with E-state index >= 15 is 0 Å². The molecule has 0 aliphatic rings. The Morgan fingerprint density at radius 3 is 2.36 bits per heavy atom. The lowest BCUT2D eigenvalue weighted by atomic mass is 10.1. The van der Waals surface area contributed by atoms with Gasteiger partial charge in [-0.2, -0.15) is 0 Å². The van der Waals surface area contributed by atoms with E-state index in [2.05, 4.69) is 18.2 Å². The molecule has 1 amide bonds. The Balaban J connectivity index is 2.11. The molecule has 0 aliphatic heterocycles. The average Bonchev–Trinajstić information content (AvgIpc) is 2.63. The zero-order chi connectivity index (χ0) is 18.4. The molecule has 0 aliphatic carbocycles. The predicted octanol–water partition coefficient (Wildman–Crippen LogP) is 4.31. The van der Waals surface area contributed by atoms with Gasteiger partial charge in [-0.15, -0.1) is 0 Å². The first-order valence-corrected chi connectivity index (χ1v) is 8.58. The molecule has 0 radical (unpaired) electrons. The van der Waals surface area contributed by atoms with Gasteiger partial charge in [0.05, 0.1) is 14.2 Å². The first-order valence-electron chi connectivity index (χ1n) is 8.58. The zero-order valence-electron chi connectivity index (χ0n) is 15.8. The van der Waals surface area contributed by atoms with Gasteiger partial charge in [-0.1, -0.05) is 18.2 Å². The molecule has 4 nitrogen and oxygen atoms in total. The van der Waals surface area contributed by atoms with Crippen LogP contribution in [0.2, 0.25) is 0 Å². The molecular weight excluding hydrogens is 314 g/mol. The van der Waals surface area contributed by atoms with Crippen LogP contribution in [0.5, 0.6) is 11.5 Å². The summed E-state index contributed by atoms with van der Waals surface area (Å²) in [5, 5.41) is 0. The van der Waals surface area contributed by atoms with E-state index in [0.29, 0.717) is 30.9 Å². The van der Waals surface area contributed by atoms with Crippen LogP contribution in [-0.4, -0.2) is 26.7 Å². The van der Waals surface area contributed by atoms with Crippen LogP contribution in [0.1, 0.15) is 30.0 Å². The van der Waals surface area contributed by atoms with Crippen LogP contribution >= 0.6 is 0 Å². The predicted molar refractivity (Wildman–Crippen MR) is 102 cm³/mol. The lowest BCUT2D eigenvalue weighted by molar-refractivity contribution is -0.118. The number of ether oxygens (including phenoxy) is 2. The van der Waals surface area contributed by atoms with E-state index in [9.17, 15) is 4.79 Å². The molecule has 134 valence electrons. The van der Waals surface area contributed by atoms with E-state index in [1.54, 1.807) is 14.2 Å². The topological polar surface area (TPSA) is 38.8 Å². The summed E-state index contributed by atoms with van der Waals surface area (Å²) in [6, 6.07) is 12.0. The molecule has 0 spiro atoms. The second-order valence-corrected chi connectivity index (χ2v) is 6.12. The third-order valence-electron chi connectivity index (χ3n) is 4.35. The Morgan fingerprint density at radius 2 is 1.72 bits per heavy atom. The molecule has 0 atom stereocenters. The van der Waals surface area contributed by atoms with Gasteiger partial charge in [-0.05, 0) is 62.1 Å². The van der Waals surface area contributed by atoms with E-state index < -0.39 is 0 Å². The van der Waals surface area contributed by atoms with Gasteiger partial charge in [0.15, 0.2) is 11.5 Å². The highest BCUT2D eigenvalue weighted by molar-refractivity contribution is 5.94. The average molecular weight is 341 g/mol. The van der Waals surface area contributed by atoms with Crippen LogP contribution in [-0.2, 0) is 11.2 Å². The number of hydrogen-bond acceptors (Lipinski definition) is 3. The molecule has 0 fully saturated rings. The smallest absolute Gasteiger partial charge is 0.227 e. The number of hydrogen-bond donors (Lipinski definition) is 0. The van der Waals surface area contributed by atoms with E-state index in [1.165, 1.54) is 0 Å². The number of benzene rings is 2. The number of rotatable bonds is 7. The first-order chi connectivity index (χ1) is 12.0. The molecule has 0 saturated heterocycles. The molecule has 2 rings (SSSR count). The fraction of sp³-hybridized carbons (Fsp3) is 0.381. The van der Waals surface area contributed by atoms with Crippen molar-refractivity contribution in [1.82, 2.24) is 0 Å². The van der Waals surface area contributed by atoms with E-state index in [0.717, 1.165) is 22.4 Å². The molecule has 0 saturated carbocycles. The van der Waals surface area contributed by atoms with Crippen LogP contribution in [0.3, 0.4) is 0 Å². The summed E-state index contributed by atoms with van der Waals surface area (Å²) in [7, 11) is 3.23. The van der Waals surface area contributed by atoms with E-state index in [-0.39, 0.29) is 5.91 Å². The van der Waals surface area contributed by atoms with E-state index in [4.69, 9.17) is 9.47 Å². The third kappa shape index (κ3) is 4.53. The van der Waals surface area contributed by atoms with Gasteiger partial charge in [-0.25, -0.2) is 0 Å². The van der Waals surface area contributed by atoms with Crippen molar-refractivity contribution in [3.8, 4) is 11.5 Å². The van der Waals surface area contributed by atoms with Crippen molar-refractivity contribution in [3.05, 3.63) is 53.1 Å². The summed E-state index contributed by atoms with van der Waals surface area (Å²) in [5.74, 6) is 1.52. The van der Waals surface area contributed by atoms with E-state index in [1.807, 2.05) is 43.9 Å². The lowest BCUT2D eigenvalue weighted by Crippen LogP contribution is -2.31. The lowest BCUT2D eigenvalue weighted by Gasteiger charge is -2.23. The minimum atomic E-state index is 0.131. The number of aryl methyl sites for hydroxylation is 3. The van der Waals surface area contributed by atoms with Crippen molar-refractivity contribution >= 4 is 11.6 Å². The molecule has 0 bridgehead atoms. The molecule has 2 aromatic carbocycles. The third-order valence-corrected chi connectivity index (χ3v) is 4.35. The van der Waals surface area contributed by atoms with Crippen molar-refractivity contribution in [2.24, 2.45) is 0 Å². The number of anilines is 1. The highest BCUT2D eigenvalue weighted by Gasteiger charge is 2.16. The molecule has 0 heterocycles. The van der Waals surface area contributed by atoms with Crippen molar-refractivity contribution in [1.29, 1.82) is 0 Å². The Labute approximate surface area is 150 Å². The summed E-state index contributed by atoms with van der Waals surface area (Å²) in [5.41, 5.74) is 4.33. The van der Waals surface area contributed by atoms with Crippen LogP contribution in [0, 0.1) is 13.8 Å². The molecule has 0 unspecified atom stereocenters. The fourth-order valence-electron chi connectivity index (χ4n) is 2.91. The summed E-state index contributed by atoms with van der Waals surface area (Å²) < 4.78 is 10.6. The minimum absolute atomic E-state index is 0.131. The monoisotopic (exact) mass is 341 g/mol. The molecule has 0 aromatic heterocycles. The highest BCUT2D eigenvalue weighted by atomic mass is 16.5. The summed E-state index contributed by atoms with van der Waals surface area (Å²) in [6.45, 7) is 6.76. The summed E-state index contributed by atoms with van der Waals surface area (Å²) in [4.78, 5) is 14.6. The van der Waals surface area contributed by atoms with Gasteiger partial charge in [0.2, 0.25) is 5.91 Å². The Morgan fingerprint density at radius 1 is 1.00 bits per heavy atom.